The van der Waals surface area contributed by atoms with Gasteiger partial charge >= 0.3 is 0 Å². The van der Waals surface area contributed by atoms with E-state index in [0.717, 1.165) is 135 Å². The molecule has 0 atom stereocenters. The van der Waals surface area contributed by atoms with E-state index in [1.54, 1.807) is 0 Å². The molecule has 16 rings (SSSR count). The number of fused-ring (bicyclic) bond motifs is 17. The van der Waals surface area contributed by atoms with Gasteiger partial charge in [0.2, 0.25) is 0 Å². The molecular weight excluding hydrogens is 849 g/mol. The molecule has 0 amide bonds. The Morgan fingerprint density at radius 3 is 1.97 bits per heavy atom. The van der Waals surface area contributed by atoms with Crippen molar-refractivity contribution in [2.24, 2.45) is 0 Å². The van der Waals surface area contributed by atoms with Crippen LogP contribution in [-0.2, 0) is 6.42 Å². The normalized spacial score (nSPS) is 14.7. The molecule has 5 aromatic heterocycles. The molecule has 0 unspecified atom stereocenters. The summed E-state index contributed by atoms with van der Waals surface area (Å²) in [4.78, 5) is 4.57. The maximum atomic E-state index is 7.21. The van der Waals surface area contributed by atoms with Gasteiger partial charge in [-0.2, -0.15) is 0 Å². The summed E-state index contributed by atoms with van der Waals surface area (Å²) in [6.45, 7) is -0.156. The first-order valence-electron chi connectivity index (χ1n) is 23.6. The lowest BCUT2D eigenvalue weighted by Gasteiger charge is -2.34. The van der Waals surface area contributed by atoms with Crippen LogP contribution >= 0.6 is 0 Å². The largest absolute Gasteiger partial charge is 0.458 e. The highest BCUT2D eigenvalue weighted by molar-refractivity contribution is 6.98. The van der Waals surface area contributed by atoms with E-state index in [-0.39, 0.29) is 6.71 Å². The maximum Gasteiger partial charge on any atom is 0.260 e. The molecule has 7 heterocycles. The van der Waals surface area contributed by atoms with Crippen LogP contribution in [-0.4, -0.2) is 20.8 Å². The summed E-state index contributed by atoms with van der Waals surface area (Å²) in [7, 11) is 0. The molecule has 2 aliphatic heterocycles. The number of nitrogens with zero attached hydrogens (tertiary/aromatic N) is 3. The molecule has 0 bridgehead atoms. The Hall–Kier alpha value is -9.01. The fraction of sp³-hybridized carbons (Fsp3) is 0.0328. The Morgan fingerprint density at radius 1 is 0.493 bits per heavy atom. The highest BCUT2D eigenvalue weighted by atomic mass is 16.5. The van der Waals surface area contributed by atoms with Gasteiger partial charge in [-0.25, -0.2) is 0 Å². The summed E-state index contributed by atoms with van der Waals surface area (Å²) in [6, 6.07) is 55.8. The van der Waals surface area contributed by atoms with E-state index in [1.165, 1.54) is 27.5 Å². The lowest BCUT2D eigenvalue weighted by Crippen LogP contribution is -2.57. The standard InChI is InChI=1S/C61H36BN3O4/c1-2-4-18-47-39(12-3-1)40-13-5-8-19-48(40)64(47)36-22-24-45-54(32-36)67-56-30-35(38-16-11-17-44-59-53(69-61(38)44)27-26-52-58(59)43-15-7-10-21-51(43)66-52)31-57-60(56)62(45)46-25-23-37(33-55(46)68-57)65-49-20-9-6-14-41(49)42-28-29-63-34-50(42)65/h2-17,19-34H,1,18H2/b4-2-,12-3-. The number of hydrogen-bond acceptors (Lipinski definition) is 5. The molecule has 0 N–H and O–H groups in total. The Morgan fingerprint density at radius 2 is 1.16 bits per heavy atom. The fourth-order valence-corrected chi connectivity index (χ4v) is 11.9. The number of hydrogen-bond donors (Lipinski definition) is 0. The number of ether oxygens (including phenoxy) is 2. The minimum Gasteiger partial charge on any atom is -0.458 e. The van der Waals surface area contributed by atoms with Crippen LogP contribution in [0.3, 0.4) is 0 Å². The Balaban J connectivity index is 0.920. The summed E-state index contributed by atoms with van der Waals surface area (Å²) in [6.07, 6.45) is 14.7. The predicted octanol–water partition coefficient (Wildman–Crippen LogP) is 13.8. The van der Waals surface area contributed by atoms with Gasteiger partial charge in [0.1, 0.15) is 45.3 Å². The lowest BCUT2D eigenvalue weighted by molar-refractivity contribution is 0.464. The van der Waals surface area contributed by atoms with E-state index in [2.05, 4.69) is 172 Å². The van der Waals surface area contributed by atoms with E-state index < -0.39 is 0 Å². The van der Waals surface area contributed by atoms with Crippen molar-refractivity contribution in [2.45, 2.75) is 12.8 Å². The zero-order valence-electron chi connectivity index (χ0n) is 36.9. The van der Waals surface area contributed by atoms with Crippen molar-refractivity contribution in [2.75, 3.05) is 0 Å². The van der Waals surface area contributed by atoms with Gasteiger partial charge in [0.25, 0.3) is 6.71 Å². The molecule has 7 nitrogen and oxygen atoms in total. The monoisotopic (exact) mass is 885 g/mol. The zero-order chi connectivity index (χ0) is 44.9. The number of benzene rings is 8. The van der Waals surface area contributed by atoms with E-state index in [4.69, 9.17) is 18.3 Å². The minimum absolute atomic E-state index is 0.156. The molecule has 13 aromatic rings. The van der Waals surface area contributed by atoms with Gasteiger partial charge in [-0.1, -0.05) is 109 Å². The van der Waals surface area contributed by atoms with Crippen LogP contribution in [0, 0.1) is 0 Å². The number of para-hydroxylation sites is 4. The molecule has 0 saturated heterocycles. The first kappa shape index (κ1) is 37.1. The third kappa shape index (κ3) is 5.15. The van der Waals surface area contributed by atoms with Gasteiger partial charge in [0.15, 0.2) is 0 Å². The molecule has 0 radical (unpaired) electrons. The van der Waals surface area contributed by atoms with Crippen molar-refractivity contribution in [1.29, 1.82) is 0 Å². The summed E-state index contributed by atoms with van der Waals surface area (Å²) in [5.74, 6) is 3.13. The van der Waals surface area contributed by atoms with Crippen LogP contribution in [0.15, 0.2) is 197 Å². The fourth-order valence-electron chi connectivity index (χ4n) is 11.9. The van der Waals surface area contributed by atoms with Crippen LogP contribution in [0.25, 0.3) is 105 Å². The smallest absolute Gasteiger partial charge is 0.260 e. The third-order valence-electron chi connectivity index (χ3n) is 14.8. The second kappa shape index (κ2) is 13.8. The second-order valence-electron chi connectivity index (χ2n) is 18.4. The lowest BCUT2D eigenvalue weighted by atomic mass is 9.35. The maximum absolute atomic E-state index is 7.21. The van der Waals surface area contributed by atoms with Crippen molar-refractivity contribution in [3.05, 3.63) is 200 Å². The Bertz CT molecular complexity index is 4410. The molecule has 1 aliphatic carbocycles. The summed E-state index contributed by atoms with van der Waals surface area (Å²) in [5.41, 5.74) is 16.3. The number of rotatable bonds is 3. The molecule has 8 aromatic carbocycles. The zero-order valence-corrected chi connectivity index (χ0v) is 36.9. The van der Waals surface area contributed by atoms with E-state index in [9.17, 15) is 0 Å². The third-order valence-corrected chi connectivity index (χ3v) is 14.8. The SMILES string of the molecule is C1=C\Cc2c(c3ccccc3n2-c2ccc3c(c2)Oc2cc(-c4cccc5c4oc4ccc6oc7ccccc7c6c45)cc4c2B3c2ccc(-n3c5ccccc5c5ccncc53)cc2O4)/C=C\C/1. The first-order chi connectivity index (χ1) is 34.2. The molecule has 8 heteroatoms. The van der Waals surface area contributed by atoms with Gasteiger partial charge in [0.05, 0.1) is 22.7 Å². The molecule has 0 fully saturated rings. The van der Waals surface area contributed by atoms with Gasteiger partial charge in [-0.3, -0.25) is 4.98 Å². The molecule has 322 valence electrons. The molecule has 0 saturated carbocycles. The van der Waals surface area contributed by atoms with Gasteiger partial charge in [-0.15, -0.1) is 0 Å². The van der Waals surface area contributed by atoms with Crippen LogP contribution in [0.5, 0.6) is 23.0 Å². The minimum atomic E-state index is -0.156. The molecule has 69 heavy (non-hydrogen) atoms. The molecule has 3 aliphatic rings. The van der Waals surface area contributed by atoms with Gasteiger partial charge < -0.3 is 27.4 Å². The number of allylic oxidation sites excluding steroid dienone is 3. The van der Waals surface area contributed by atoms with Crippen molar-refractivity contribution in [1.82, 2.24) is 14.1 Å². The van der Waals surface area contributed by atoms with Crippen molar-refractivity contribution < 1.29 is 18.3 Å². The highest BCUT2D eigenvalue weighted by Gasteiger charge is 2.41. The number of furan rings is 2. The van der Waals surface area contributed by atoms with E-state index in [1.807, 2.05) is 36.7 Å². The van der Waals surface area contributed by atoms with Gasteiger partial charge in [-0.05, 0) is 83.6 Å². The topological polar surface area (TPSA) is 67.5 Å². The Labute approximate surface area is 394 Å². The number of pyridine rings is 1. The summed E-state index contributed by atoms with van der Waals surface area (Å²) in [5, 5.41) is 7.77. The second-order valence-corrected chi connectivity index (χ2v) is 18.4. The molecule has 0 spiro atoms. The van der Waals surface area contributed by atoms with Gasteiger partial charge in [0, 0.05) is 96.1 Å². The van der Waals surface area contributed by atoms with Crippen LogP contribution in [0.2, 0.25) is 0 Å². The predicted molar refractivity (Wildman–Crippen MR) is 280 cm³/mol. The average Bonchev–Trinajstić information content (AvgIpc) is 4.13. The van der Waals surface area contributed by atoms with Crippen LogP contribution in [0.1, 0.15) is 17.7 Å². The summed E-state index contributed by atoms with van der Waals surface area (Å²) >= 11 is 0. The molecular formula is C61H36BN3O4. The van der Waals surface area contributed by atoms with Crippen molar-refractivity contribution in [3.8, 4) is 45.5 Å². The van der Waals surface area contributed by atoms with Crippen LogP contribution < -0.4 is 25.9 Å². The Kier molecular flexibility index (Phi) is 7.41. The first-order valence-corrected chi connectivity index (χ1v) is 23.6. The average molecular weight is 886 g/mol. The van der Waals surface area contributed by atoms with E-state index >= 15 is 0 Å². The van der Waals surface area contributed by atoms with Crippen molar-refractivity contribution in [3.63, 3.8) is 0 Å². The summed E-state index contributed by atoms with van der Waals surface area (Å²) < 4.78 is 32.3. The van der Waals surface area contributed by atoms with Crippen LogP contribution in [0.4, 0.5) is 0 Å². The van der Waals surface area contributed by atoms with E-state index in [0.29, 0.717) is 0 Å². The highest BCUT2D eigenvalue weighted by Crippen LogP contribution is 2.46. The number of aromatic nitrogens is 3. The quantitative estimate of drug-likeness (QED) is 0.131. The van der Waals surface area contributed by atoms with Crippen molar-refractivity contribution >= 4 is 106 Å².